The van der Waals surface area contributed by atoms with Crippen LogP contribution in [0.5, 0.6) is 0 Å². The van der Waals surface area contributed by atoms with Crippen LogP contribution in [0.15, 0.2) is 92.6 Å². The fourth-order valence-electron chi connectivity index (χ4n) is 5.80. The number of aromatic nitrogens is 4. The van der Waals surface area contributed by atoms with Crippen molar-refractivity contribution in [1.82, 2.24) is 19.9 Å². The minimum absolute atomic E-state index is 0.156. The molecule has 0 unspecified atom stereocenters. The third-order valence-electron chi connectivity index (χ3n) is 8.34. The number of halogens is 1. The number of carbonyl (C=O) groups is 2. The fourth-order valence-corrected chi connectivity index (χ4v) is 9.47. The van der Waals surface area contributed by atoms with E-state index in [1.165, 1.54) is 30.3 Å². The van der Waals surface area contributed by atoms with E-state index in [9.17, 15) is 53.6 Å². The first-order chi connectivity index (χ1) is 27.7. The number of aromatic carboxylic acids is 1. The molecule has 0 saturated carbocycles. The predicted molar refractivity (Wildman–Crippen MR) is 216 cm³/mol. The van der Waals surface area contributed by atoms with Gasteiger partial charge >= 0.3 is 5.97 Å². The number of para-hydroxylation sites is 1. The number of allylic oxidation sites excluding steroid dienone is 1. The number of anilines is 5. The van der Waals surface area contributed by atoms with Gasteiger partial charge in [-0.05, 0) is 90.3 Å². The van der Waals surface area contributed by atoms with Crippen LogP contribution >= 0.6 is 22.9 Å². The van der Waals surface area contributed by atoms with Gasteiger partial charge in [-0.15, -0.1) is 11.3 Å². The lowest BCUT2D eigenvalue weighted by Crippen LogP contribution is -2.28. The van der Waals surface area contributed by atoms with E-state index in [2.05, 4.69) is 41.1 Å². The summed E-state index contributed by atoms with van der Waals surface area (Å²) in [5, 5.41) is 18.9. The number of benzene rings is 4. The Morgan fingerprint density at radius 3 is 2.12 bits per heavy atom. The lowest BCUT2D eigenvalue weighted by Gasteiger charge is -2.20. The number of nitrogens with one attached hydrogen (secondary N) is 3. The highest BCUT2D eigenvalue weighted by atomic mass is 35.5. The number of carbonyl (C=O) groups excluding carboxylic acids is 1. The van der Waals surface area contributed by atoms with E-state index in [-0.39, 0.29) is 32.7 Å². The number of thiazole rings is 1. The number of hydrogen-bond donors (Lipinski definition) is 7. The third-order valence-corrected chi connectivity index (χ3v) is 12.5. The zero-order valence-electron chi connectivity index (χ0n) is 29.3. The first-order valence-electron chi connectivity index (χ1n) is 16.2. The number of carboxylic acids is 1. The van der Waals surface area contributed by atoms with Gasteiger partial charge in [0.05, 0.1) is 37.6 Å². The second kappa shape index (κ2) is 15.2. The Kier molecular flexibility index (Phi) is 10.5. The molecule has 6 aromatic rings. The number of ketones is 1. The van der Waals surface area contributed by atoms with Crippen LogP contribution in [-0.2, 0) is 30.4 Å². The second-order valence-electron chi connectivity index (χ2n) is 12.3. The van der Waals surface area contributed by atoms with Gasteiger partial charge in [-0.1, -0.05) is 18.2 Å². The van der Waals surface area contributed by atoms with Crippen molar-refractivity contribution >= 4 is 116 Å². The van der Waals surface area contributed by atoms with Crippen LogP contribution in [-0.4, -0.2) is 81.4 Å². The number of hydrazone groups is 1. The first kappa shape index (κ1) is 40.9. The number of Topliss-reactive ketones (excluding diaryl/α,β-unsaturated/α-hetero) is 1. The van der Waals surface area contributed by atoms with Crippen LogP contribution in [0, 0.1) is 6.92 Å². The van der Waals surface area contributed by atoms with E-state index in [1.807, 2.05) is 0 Å². The number of carboxylic acid groups (broad SMARTS) is 1. The Bertz CT molecular complexity index is 3190. The molecule has 2 aromatic heterocycles. The van der Waals surface area contributed by atoms with Crippen LogP contribution in [0.25, 0.3) is 26.9 Å². The lowest BCUT2D eigenvalue weighted by atomic mass is 9.93. The molecule has 0 spiro atoms. The van der Waals surface area contributed by atoms with Gasteiger partial charge in [0, 0.05) is 11.3 Å². The van der Waals surface area contributed by atoms with Crippen LogP contribution in [0.3, 0.4) is 0 Å². The molecule has 0 amide bonds. The van der Waals surface area contributed by atoms with Crippen molar-refractivity contribution in [2.45, 2.75) is 16.7 Å². The van der Waals surface area contributed by atoms with Gasteiger partial charge in [0.2, 0.25) is 23.0 Å². The molecule has 0 radical (unpaired) electrons. The Labute approximate surface area is 341 Å². The van der Waals surface area contributed by atoms with Crippen LogP contribution in [0.2, 0.25) is 5.28 Å². The van der Waals surface area contributed by atoms with Gasteiger partial charge in [-0.25, -0.2) is 9.78 Å². The molecule has 302 valence electrons. The molecule has 20 nitrogen and oxygen atoms in total. The first-order valence-corrected chi connectivity index (χ1v) is 21.7. The molecule has 59 heavy (non-hydrogen) atoms. The largest absolute Gasteiger partial charge is 0.478 e. The minimum atomic E-state index is -5.25. The van der Waals surface area contributed by atoms with Crippen LogP contribution in [0.4, 0.5) is 29.0 Å². The van der Waals surface area contributed by atoms with Gasteiger partial charge in [-0.2, -0.15) is 45.3 Å². The SMILES string of the molecule is Cc1ccc2nc(-c3ccc(Nc4nc(Cl)nc(Nc5cc(S(=O)(=O)O)cc6c5C(=O)/C(=N\Nc5ccccc5C(=O)O)C(S(=O)(=O)O)=C6)n4)cc3)sc2c1S(=O)(=O)O. The summed E-state index contributed by atoms with van der Waals surface area (Å²) in [5.74, 6) is -3.15. The quantitative estimate of drug-likeness (QED) is 0.0607. The average molecular weight is 899 g/mol. The van der Waals surface area contributed by atoms with Crippen molar-refractivity contribution in [3.8, 4) is 10.6 Å². The summed E-state index contributed by atoms with van der Waals surface area (Å²) in [7, 11) is -14.8. The van der Waals surface area contributed by atoms with Gasteiger partial charge in [0.15, 0.2) is 5.71 Å². The highest BCUT2D eigenvalue weighted by Crippen LogP contribution is 2.37. The Balaban J connectivity index is 1.23. The van der Waals surface area contributed by atoms with Crippen molar-refractivity contribution in [2.75, 3.05) is 16.1 Å². The summed E-state index contributed by atoms with van der Waals surface area (Å²) < 4.78 is 104. The number of fused-ring (bicyclic) bond motifs is 2. The predicted octanol–water partition coefficient (Wildman–Crippen LogP) is 5.68. The van der Waals surface area contributed by atoms with Crippen molar-refractivity contribution in [2.24, 2.45) is 5.10 Å². The molecule has 1 aliphatic rings. The molecular weight excluding hydrogens is 876 g/mol. The van der Waals surface area contributed by atoms with Gasteiger partial charge < -0.3 is 15.7 Å². The van der Waals surface area contributed by atoms with Crippen molar-refractivity contribution in [1.29, 1.82) is 0 Å². The van der Waals surface area contributed by atoms with Crippen LogP contribution < -0.4 is 16.1 Å². The molecule has 0 saturated heterocycles. The minimum Gasteiger partial charge on any atom is -0.478 e. The summed E-state index contributed by atoms with van der Waals surface area (Å²) in [6.07, 6.45) is 0.718. The molecule has 0 bridgehead atoms. The number of rotatable bonds is 11. The summed E-state index contributed by atoms with van der Waals surface area (Å²) in [4.78, 5) is 40.3. The molecule has 25 heteroatoms. The molecule has 0 fully saturated rings. The maximum absolute atomic E-state index is 14.0. The highest BCUT2D eigenvalue weighted by molar-refractivity contribution is 7.91. The zero-order chi connectivity index (χ0) is 42.6. The summed E-state index contributed by atoms with van der Waals surface area (Å²) in [5.41, 5.74) is 1.39. The van der Waals surface area contributed by atoms with E-state index in [0.717, 1.165) is 29.5 Å². The van der Waals surface area contributed by atoms with E-state index >= 15 is 0 Å². The maximum atomic E-state index is 14.0. The maximum Gasteiger partial charge on any atom is 0.337 e. The topological polar surface area (TPSA) is 317 Å². The van der Waals surface area contributed by atoms with Crippen LogP contribution in [0.1, 0.15) is 31.8 Å². The molecule has 4 aromatic carbocycles. The fraction of sp³-hybridized carbons (Fsp3) is 0.0294. The van der Waals surface area contributed by atoms with E-state index in [1.54, 1.807) is 37.3 Å². The molecule has 1 aliphatic carbocycles. The summed E-state index contributed by atoms with van der Waals surface area (Å²) in [6.45, 7) is 1.55. The number of hydrogen-bond acceptors (Lipinski definition) is 17. The standard InChI is InChI=1S/C34H23ClN8O12S4/c1-15-6-11-22-28(29(15)59(53,54)55)56-30(37-22)16-7-9-18(10-8-16)36-33-39-32(35)40-34(41-33)38-23-14-19(57(47,48)49)12-17-13-24(58(50,51)52)26(27(44)25(17)23)43-42-21-5-3-2-4-20(21)31(45)46/h2-14,42H,1H3,(H,45,46)(H,47,48,49)(H,50,51,52)(H,53,54,55)(H2,36,38,39,40,41)/b43-26-. The van der Waals surface area contributed by atoms with Gasteiger partial charge in [-0.3, -0.25) is 23.9 Å². The molecule has 2 heterocycles. The normalized spacial score (nSPS) is 13.9. The summed E-state index contributed by atoms with van der Waals surface area (Å²) in [6, 6.07) is 16.6. The molecule has 0 atom stereocenters. The van der Waals surface area contributed by atoms with Gasteiger partial charge in [0.1, 0.15) is 14.8 Å². The molecule has 0 aliphatic heterocycles. The van der Waals surface area contributed by atoms with Gasteiger partial charge in [0.25, 0.3) is 30.4 Å². The van der Waals surface area contributed by atoms with Crippen molar-refractivity contribution in [3.63, 3.8) is 0 Å². The van der Waals surface area contributed by atoms with Crippen molar-refractivity contribution in [3.05, 3.63) is 105 Å². The Morgan fingerprint density at radius 1 is 0.797 bits per heavy atom. The second-order valence-corrected chi connectivity index (χ2v) is 17.8. The average Bonchev–Trinajstić information content (AvgIpc) is 3.57. The third kappa shape index (κ3) is 8.50. The molecule has 7 rings (SSSR count). The molecular formula is C34H23ClN8O12S4. The zero-order valence-corrected chi connectivity index (χ0v) is 33.3. The van der Waals surface area contributed by atoms with E-state index in [0.29, 0.717) is 27.3 Å². The molecule has 7 N–H and O–H groups in total. The van der Waals surface area contributed by atoms with Crippen molar-refractivity contribution < 1.29 is 53.6 Å². The number of aryl methyl sites for hydroxylation is 1. The smallest absolute Gasteiger partial charge is 0.337 e. The highest BCUT2D eigenvalue weighted by Gasteiger charge is 2.36. The Morgan fingerprint density at radius 2 is 1.47 bits per heavy atom. The van der Waals surface area contributed by atoms with E-state index in [4.69, 9.17) is 11.6 Å². The Hall–Kier alpha value is -6.25. The van der Waals surface area contributed by atoms with E-state index < -0.39 is 79.7 Å². The monoisotopic (exact) mass is 898 g/mol. The summed E-state index contributed by atoms with van der Waals surface area (Å²) >= 11 is 7.26. The lowest BCUT2D eigenvalue weighted by molar-refractivity contribution is 0.0697. The number of nitrogens with zero attached hydrogens (tertiary/aromatic N) is 5.